The Morgan fingerprint density at radius 2 is 1.90 bits per heavy atom. The van der Waals surface area contributed by atoms with Crippen molar-refractivity contribution in [1.29, 1.82) is 0 Å². The summed E-state index contributed by atoms with van der Waals surface area (Å²) in [7, 11) is 0. The van der Waals surface area contributed by atoms with Gasteiger partial charge in [-0.1, -0.05) is 29.9 Å². The Morgan fingerprint density at radius 3 is 2.50 bits per heavy atom. The molecule has 2 rings (SSSR count). The van der Waals surface area contributed by atoms with Crippen molar-refractivity contribution in [3.8, 4) is 0 Å². The Morgan fingerprint density at radius 1 is 1.20 bits per heavy atom. The summed E-state index contributed by atoms with van der Waals surface area (Å²) >= 11 is 10.6. The third kappa shape index (κ3) is 2.89. The molecule has 2 aromatic carbocycles. The molecule has 0 saturated heterocycles. The molecular weight excluding hydrogens is 302 g/mol. The minimum Gasteiger partial charge on any atom is -0.389 e. The number of hydrogen-bond acceptors (Lipinski definition) is 2. The van der Waals surface area contributed by atoms with Crippen LogP contribution in [0.2, 0.25) is 5.02 Å². The third-order valence-corrected chi connectivity index (χ3v) is 3.43. The second kappa shape index (κ2) is 5.73. The van der Waals surface area contributed by atoms with Crippen molar-refractivity contribution in [3.05, 3.63) is 58.1 Å². The third-order valence-electron chi connectivity index (χ3n) is 2.80. The zero-order valence-electron chi connectivity index (χ0n) is 10.5. The van der Waals surface area contributed by atoms with Gasteiger partial charge in [-0.25, -0.2) is 8.78 Å². The maximum atomic E-state index is 13.9. The molecule has 0 fully saturated rings. The van der Waals surface area contributed by atoms with Gasteiger partial charge in [0.05, 0.1) is 5.69 Å². The number of nitrogens with one attached hydrogen (secondary N) is 1. The van der Waals surface area contributed by atoms with Crippen LogP contribution in [0.3, 0.4) is 0 Å². The molecule has 20 heavy (non-hydrogen) atoms. The summed E-state index contributed by atoms with van der Waals surface area (Å²) in [6.07, 6.45) is 0. The van der Waals surface area contributed by atoms with Crippen LogP contribution in [0.1, 0.15) is 11.1 Å². The van der Waals surface area contributed by atoms with Crippen molar-refractivity contribution >= 4 is 40.2 Å². The van der Waals surface area contributed by atoms with Gasteiger partial charge in [-0.05, 0) is 36.8 Å². The van der Waals surface area contributed by atoms with Gasteiger partial charge in [-0.15, -0.1) is 0 Å². The maximum absolute atomic E-state index is 13.9. The van der Waals surface area contributed by atoms with Crippen molar-refractivity contribution in [1.82, 2.24) is 0 Å². The predicted octanol–water partition coefficient (Wildman–Crippen LogP) is 4.30. The molecule has 0 unspecified atom stereocenters. The summed E-state index contributed by atoms with van der Waals surface area (Å²) in [5, 5.41) is 3.30. The van der Waals surface area contributed by atoms with Gasteiger partial charge in [-0.3, -0.25) is 0 Å². The Kier molecular flexibility index (Phi) is 4.20. The Hall–Kier alpha value is -1.72. The van der Waals surface area contributed by atoms with E-state index in [1.807, 2.05) is 6.92 Å². The molecule has 0 aliphatic rings. The Labute approximate surface area is 125 Å². The molecule has 0 bridgehead atoms. The van der Waals surface area contributed by atoms with Crippen LogP contribution < -0.4 is 11.1 Å². The van der Waals surface area contributed by atoms with Crippen molar-refractivity contribution in [2.24, 2.45) is 5.73 Å². The van der Waals surface area contributed by atoms with Gasteiger partial charge in [0.1, 0.15) is 4.99 Å². The first kappa shape index (κ1) is 14.7. The quantitative estimate of drug-likeness (QED) is 0.830. The van der Waals surface area contributed by atoms with Crippen molar-refractivity contribution in [2.45, 2.75) is 6.92 Å². The number of halogens is 3. The van der Waals surface area contributed by atoms with Crippen molar-refractivity contribution < 1.29 is 8.78 Å². The fraction of sp³-hybridized carbons (Fsp3) is 0.0714. The fourth-order valence-electron chi connectivity index (χ4n) is 1.66. The zero-order chi connectivity index (χ0) is 14.9. The van der Waals surface area contributed by atoms with Crippen LogP contribution in [0.25, 0.3) is 0 Å². The lowest BCUT2D eigenvalue weighted by Crippen LogP contribution is -2.13. The Balaban J connectivity index is 2.37. The van der Waals surface area contributed by atoms with Crippen LogP contribution >= 0.6 is 23.8 Å². The monoisotopic (exact) mass is 312 g/mol. The standard InChI is InChI=1S/C14H11ClF2N2S/c1-7-2-3-8(6-10(7)15)19-11-5-4-9(14(18)20)12(16)13(11)17/h2-6,19H,1H3,(H2,18,20). The van der Waals surface area contributed by atoms with E-state index in [1.165, 1.54) is 12.1 Å². The lowest BCUT2D eigenvalue weighted by molar-refractivity contribution is 0.510. The highest BCUT2D eigenvalue weighted by molar-refractivity contribution is 7.80. The molecule has 104 valence electrons. The first-order valence-corrected chi connectivity index (χ1v) is 6.49. The number of rotatable bonds is 3. The SMILES string of the molecule is Cc1ccc(Nc2ccc(C(N)=S)c(F)c2F)cc1Cl. The number of benzene rings is 2. The molecule has 2 nitrogen and oxygen atoms in total. The number of thiocarbonyl (C=S) groups is 1. The van der Waals surface area contributed by atoms with E-state index in [0.29, 0.717) is 10.7 Å². The van der Waals surface area contributed by atoms with Crippen molar-refractivity contribution in [3.63, 3.8) is 0 Å². The number of nitrogens with two attached hydrogens (primary N) is 1. The van der Waals surface area contributed by atoms with E-state index in [-0.39, 0.29) is 16.2 Å². The van der Waals surface area contributed by atoms with E-state index in [2.05, 4.69) is 17.5 Å². The second-order valence-electron chi connectivity index (χ2n) is 4.24. The van der Waals surface area contributed by atoms with Crippen LogP contribution in [0.4, 0.5) is 20.2 Å². The molecule has 0 heterocycles. The smallest absolute Gasteiger partial charge is 0.182 e. The largest absolute Gasteiger partial charge is 0.389 e. The molecule has 0 aliphatic heterocycles. The van der Waals surface area contributed by atoms with Gasteiger partial charge >= 0.3 is 0 Å². The molecule has 0 spiro atoms. The highest BCUT2D eigenvalue weighted by atomic mass is 35.5. The lowest BCUT2D eigenvalue weighted by Gasteiger charge is -2.11. The van der Waals surface area contributed by atoms with Crippen LogP contribution in [0.15, 0.2) is 30.3 Å². The Bertz CT molecular complexity index is 689. The summed E-state index contributed by atoms with van der Waals surface area (Å²) in [5.74, 6) is -2.10. The predicted molar refractivity (Wildman–Crippen MR) is 81.7 cm³/mol. The summed E-state index contributed by atoms with van der Waals surface area (Å²) in [5.41, 5.74) is 6.63. The van der Waals surface area contributed by atoms with Gasteiger partial charge in [0, 0.05) is 16.3 Å². The van der Waals surface area contributed by atoms with E-state index >= 15 is 0 Å². The summed E-state index contributed by atoms with van der Waals surface area (Å²) in [6, 6.07) is 7.84. The van der Waals surface area contributed by atoms with E-state index in [0.717, 1.165) is 5.56 Å². The first-order chi connectivity index (χ1) is 9.40. The average molecular weight is 313 g/mol. The zero-order valence-corrected chi connectivity index (χ0v) is 12.1. The van der Waals surface area contributed by atoms with E-state index in [4.69, 9.17) is 17.3 Å². The normalized spacial score (nSPS) is 10.4. The summed E-state index contributed by atoms with van der Waals surface area (Å²) in [6.45, 7) is 1.85. The van der Waals surface area contributed by atoms with Crippen LogP contribution in [-0.2, 0) is 0 Å². The molecule has 0 aromatic heterocycles. The highest BCUT2D eigenvalue weighted by Crippen LogP contribution is 2.26. The minimum atomic E-state index is -1.07. The fourth-order valence-corrected chi connectivity index (χ4v) is 2.00. The number of anilines is 2. The van der Waals surface area contributed by atoms with Crippen LogP contribution in [0.5, 0.6) is 0 Å². The number of hydrogen-bond donors (Lipinski definition) is 2. The van der Waals surface area contributed by atoms with Crippen molar-refractivity contribution in [2.75, 3.05) is 5.32 Å². The average Bonchev–Trinajstić information content (AvgIpc) is 2.39. The van der Waals surface area contributed by atoms with Gasteiger partial charge in [-0.2, -0.15) is 0 Å². The molecule has 0 saturated carbocycles. The molecule has 0 radical (unpaired) electrons. The van der Waals surface area contributed by atoms with Gasteiger partial charge in [0.2, 0.25) is 0 Å². The molecule has 6 heteroatoms. The molecule has 0 atom stereocenters. The number of aryl methyl sites for hydroxylation is 1. The van der Waals surface area contributed by atoms with E-state index in [1.54, 1.807) is 18.2 Å². The maximum Gasteiger partial charge on any atom is 0.182 e. The molecule has 0 amide bonds. The molecule has 2 aromatic rings. The van der Waals surface area contributed by atoms with Crippen LogP contribution in [-0.4, -0.2) is 4.99 Å². The van der Waals surface area contributed by atoms with Gasteiger partial charge in [0.15, 0.2) is 11.6 Å². The second-order valence-corrected chi connectivity index (χ2v) is 5.09. The van der Waals surface area contributed by atoms with E-state index in [9.17, 15) is 8.78 Å². The molecule has 3 N–H and O–H groups in total. The van der Waals surface area contributed by atoms with Gasteiger partial charge < -0.3 is 11.1 Å². The molecular formula is C14H11ClF2N2S. The van der Waals surface area contributed by atoms with Gasteiger partial charge in [0.25, 0.3) is 0 Å². The summed E-state index contributed by atoms with van der Waals surface area (Å²) < 4.78 is 27.7. The van der Waals surface area contributed by atoms with E-state index < -0.39 is 11.6 Å². The first-order valence-electron chi connectivity index (χ1n) is 5.71. The van der Waals surface area contributed by atoms with Crippen LogP contribution in [0, 0.1) is 18.6 Å². The topological polar surface area (TPSA) is 38.0 Å². The minimum absolute atomic E-state index is 0.0116. The highest BCUT2D eigenvalue weighted by Gasteiger charge is 2.15. The summed E-state index contributed by atoms with van der Waals surface area (Å²) in [4.78, 5) is -0.189. The molecule has 0 aliphatic carbocycles. The lowest BCUT2D eigenvalue weighted by atomic mass is 10.1.